The number of carbonyl (C=O) groups excluding carboxylic acids is 1. The highest BCUT2D eigenvalue weighted by Crippen LogP contribution is 2.42. The molecule has 4 rings (SSSR count). The minimum atomic E-state index is -0.965. The molecule has 0 spiro atoms. The molecule has 146 valence electrons. The van der Waals surface area contributed by atoms with Gasteiger partial charge in [-0.1, -0.05) is 25.0 Å². The van der Waals surface area contributed by atoms with E-state index >= 15 is 0 Å². The van der Waals surface area contributed by atoms with Gasteiger partial charge >= 0.3 is 5.97 Å². The van der Waals surface area contributed by atoms with Crippen molar-refractivity contribution in [1.82, 2.24) is 0 Å². The number of benzene rings is 2. The molecule has 6 heteroatoms. The summed E-state index contributed by atoms with van der Waals surface area (Å²) in [4.78, 5) is 28.2. The van der Waals surface area contributed by atoms with Gasteiger partial charge < -0.3 is 20.2 Å². The SMILES string of the molecule is C[C@@H]1C(=O)N(C)c2ccc(Nc3ccccc3C(=O)O)cc2N1C1CCCC1. The lowest BCUT2D eigenvalue weighted by Gasteiger charge is -2.43. The van der Waals surface area contributed by atoms with Crippen LogP contribution in [0.15, 0.2) is 42.5 Å². The third kappa shape index (κ3) is 3.09. The first-order valence-electron chi connectivity index (χ1n) is 9.76. The van der Waals surface area contributed by atoms with E-state index in [1.54, 1.807) is 23.1 Å². The second-order valence-corrected chi connectivity index (χ2v) is 7.60. The third-order valence-electron chi connectivity index (χ3n) is 5.87. The van der Waals surface area contributed by atoms with Crippen LogP contribution < -0.4 is 15.1 Å². The Morgan fingerprint density at radius 3 is 2.54 bits per heavy atom. The molecule has 0 bridgehead atoms. The largest absolute Gasteiger partial charge is 0.478 e. The fourth-order valence-corrected chi connectivity index (χ4v) is 4.45. The smallest absolute Gasteiger partial charge is 0.337 e. The van der Waals surface area contributed by atoms with Gasteiger partial charge in [0.2, 0.25) is 5.91 Å². The van der Waals surface area contributed by atoms with Crippen LogP contribution in [-0.4, -0.2) is 36.1 Å². The summed E-state index contributed by atoms with van der Waals surface area (Å²) in [6, 6.07) is 12.9. The second kappa shape index (κ2) is 7.19. The molecule has 6 nitrogen and oxygen atoms in total. The van der Waals surface area contributed by atoms with Crippen LogP contribution in [0.3, 0.4) is 0 Å². The number of hydrogen-bond acceptors (Lipinski definition) is 4. The van der Waals surface area contributed by atoms with E-state index in [2.05, 4.69) is 10.2 Å². The van der Waals surface area contributed by atoms with Gasteiger partial charge in [0.05, 0.1) is 22.6 Å². The average molecular weight is 379 g/mol. The minimum Gasteiger partial charge on any atom is -0.478 e. The van der Waals surface area contributed by atoms with Crippen LogP contribution in [0, 0.1) is 0 Å². The number of fused-ring (bicyclic) bond motifs is 1. The average Bonchev–Trinajstić information content (AvgIpc) is 3.21. The predicted octanol–water partition coefficient (Wildman–Crippen LogP) is 4.24. The number of carbonyl (C=O) groups is 2. The van der Waals surface area contributed by atoms with E-state index in [-0.39, 0.29) is 17.5 Å². The molecule has 28 heavy (non-hydrogen) atoms. The molecule has 2 N–H and O–H groups in total. The van der Waals surface area contributed by atoms with Crippen molar-refractivity contribution < 1.29 is 14.7 Å². The van der Waals surface area contributed by atoms with Gasteiger partial charge in [0.25, 0.3) is 0 Å². The van der Waals surface area contributed by atoms with Crippen molar-refractivity contribution >= 4 is 34.6 Å². The Labute approximate surface area is 164 Å². The van der Waals surface area contributed by atoms with Gasteiger partial charge in [0, 0.05) is 18.8 Å². The summed E-state index contributed by atoms with van der Waals surface area (Å²) < 4.78 is 0. The van der Waals surface area contributed by atoms with Gasteiger partial charge in [-0.2, -0.15) is 0 Å². The highest BCUT2D eigenvalue weighted by Gasteiger charge is 2.38. The fourth-order valence-electron chi connectivity index (χ4n) is 4.45. The summed E-state index contributed by atoms with van der Waals surface area (Å²) >= 11 is 0. The number of hydrogen-bond donors (Lipinski definition) is 2. The van der Waals surface area contributed by atoms with Gasteiger partial charge in [-0.15, -0.1) is 0 Å². The number of carboxylic acids is 1. The first kappa shape index (κ1) is 18.3. The molecule has 0 radical (unpaired) electrons. The summed E-state index contributed by atoms with van der Waals surface area (Å²) in [6.07, 6.45) is 4.58. The molecule has 2 aromatic rings. The Morgan fingerprint density at radius 1 is 1.11 bits per heavy atom. The molecule has 0 saturated heterocycles. The Bertz CT molecular complexity index is 921. The molecule has 0 aromatic heterocycles. The quantitative estimate of drug-likeness (QED) is 0.831. The number of rotatable bonds is 4. The number of para-hydroxylation sites is 1. The van der Waals surface area contributed by atoms with E-state index in [4.69, 9.17) is 0 Å². The van der Waals surface area contributed by atoms with Crippen molar-refractivity contribution in [3.8, 4) is 0 Å². The summed E-state index contributed by atoms with van der Waals surface area (Å²) in [5.41, 5.74) is 3.51. The number of likely N-dealkylation sites (N-methyl/N-ethyl adjacent to an activating group) is 1. The topological polar surface area (TPSA) is 72.9 Å². The zero-order chi connectivity index (χ0) is 19.8. The normalized spacial score (nSPS) is 19.6. The van der Waals surface area contributed by atoms with E-state index < -0.39 is 5.97 Å². The van der Waals surface area contributed by atoms with Gasteiger partial charge in [0.1, 0.15) is 6.04 Å². The standard InChI is InChI=1S/C22H25N3O3/c1-14-21(26)24(2)19-12-11-15(13-20(19)25(14)16-7-3-4-8-16)23-18-10-6-5-9-17(18)22(27)28/h5-6,9-14,16,23H,3-4,7-8H2,1-2H3,(H,27,28)/t14-/m1/s1. The lowest BCUT2D eigenvalue weighted by Crippen LogP contribution is -2.54. The zero-order valence-electron chi connectivity index (χ0n) is 16.2. The monoisotopic (exact) mass is 379 g/mol. The van der Waals surface area contributed by atoms with Crippen LogP contribution in [0.4, 0.5) is 22.7 Å². The summed E-state index contributed by atoms with van der Waals surface area (Å²) in [7, 11) is 1.82. The molecule has 1 heterocycles. The highest BCUT2D eigenvalue weighted by molar-refractivity contribution is 6.05. The van der Waals surface area contributed by atoms with Crippen LogP contribution in [0.25, 0.3) is 0 Å². The van der Waals surface area contributed by atoms with Gasteiger partial charge in [0.15, 0.2) is 0 Å². The first-order chi connectivity index (χ1) is 13.5. The number of anilines is 4. The first-order valence-corrected chi connectivity index (χ1v) is 9.76. The molecule has 1 saturated carbocycles. The van der Waals surface area contributed by atoms with E-state index in [9.17, 15) is 14.7 Å². The number of aromatic carboxylic acids is 1. The van der Waals surface area contributed by atoms with Gasteiger partial charge in [-0.05, 0) is 50.1 Å². The Balaban J connectivity index is 1.74. The van der Waals surface area contributed by atoms with Crippen molar-refractivity contribution in [2.45, 2.75) is 44.7 Å². The third-order valence-corrected chi connectivity index (χ3v) is 5.87. The minimum absolute atomic E-state index is 0.108. The van der Waals surface area contributed by atoms with Crippen LogP contribution >= 0.6 is 0 Å². The Hall–Kier alpha value is -3.02. The molecule has 1 fully saturated rings. The predicted molar refractivity (Wildman–Crippen MR) is 111 cm³/mol. The van der Waals surface area contributed by atoms with Crippen LogP contribution in [0.2, 0.25) is 0 Å². The number of nitrogens with zero attached hydrogens (tertiary/aromatic N) is 2. The van der Waals surface area contributed by atoms with Crippen molar-refractivity contribution in [3.05, 3.63) is 48.0 Å². The van der Waals surface area contributed by atoms with E-state index in [0.717, 1.165) is 29.9 Å². The zero-order valence-corrected chi connectivity index (χ0v) is 16.2. The fraction of sp³-hybridized carbons (Fsp3) is 0.364. The maximum atomic E-state index is 12.8. The Kier molecular flexibility index (Phi) is 4.71. The molecule has 1 atom stereocenters. The maximum absolute atomic E-state index is 12.8. The summed E-state index contributed by atoms with van der Waals surface area (Å²) in [6.45, 7) is 1.97. The van der Waals surface area contributed by atoms with Crippen molar-refractivity contribution in [1.29, 1.82) is 0 Å². The van der Waals surface area contributed by atoms with Gasteiger partial charge in [-0.3, -0.25) is 4.79 Å². The van der Waals surface area contributed by atoms with Crippen LogP contribution in [0.1, 0.15) is 43.0 Å². The maximum Gasteiger partial charge on any atom is 0.337 e. The number of carboxylic acid groups (broad SMARTS) is 1. The van der Waals surface area contributed by atoms with E-state index in [1.165, 1.54) is 12.8 Å². The molecule has 2 aliphatic rings. The molecular formula is C22H25N3O3. The highest BCUT2D eigenvalue weighted by atomic mass is 16.4. The molecule has 0 unspecified atom stereocenters. The molecular weight excluding hydrogens is 354 g/mol. The number of amides is 1. The molecule has 2 aromatic carbocycles. The molecule has 1 aliphatic carbocycles. The number of nitrogens with one attached hydrogen (secondary N) is 1. The van der Waals surface area contributed by atoms with Crippen LogP contribution in [-0.2, 0) is 4.79 Å². The summed E-state index contributed by atoms with van der Waals surface area (Å²) in [5.74, 6) is -0.857. The lowest BCUT2D eigenvalue weighted by molar-refractivity contribution is -0.119. The van der Waals surface area contributed by atoms with Crippen molar-refractivity contribution in [2.24, 2.45) is 0 Å². The van der Waals surface area contributed by atoms with E-state index in [1.807, 2.05) is 38.2 Å². The van der Waals surface area contributed by atoms with Crippen molar-refractivity contribution in [2.75, 3.05) is 22.2 Å². The second-order valence-electron chi connectivity index (χ2n) is 7.60. The van der Waals surface area contributed by atoms with Crippen molar-refractivity contribution in [3.63, 3.8) is 0 Å². The Morgan fingerprint density at radius 2 is 1.82 bits per heavy atom. The molecule has 1 amide bonds. The summed E-state index contributed by atoms with van der Waals surface area (Å²) in [5, 5.41) is 12.7. The van der Waals surface area contributed by atoms with E-state index in [0.29, 0.717) is 11.7 Å². The molecule has 1 aliphatic heterocycles. The lowest BCUT2D eigenvalue weighted by atomic mass is 10.0. The van der Waals surface area contributed by atoms with Gasteiger partial charge in [-0.25, -0.2) is 4.79 Å². The van der Waals surface area contributed by atoms with Crippen LogP contribution in [0.5, 0.6) is 0 Å².